The lowest BCUT2D eigenvalue weighted by Crippen LogP contribution is -2.11. The van der Waals surface area contributed by atoms with E-state index in [-0.39, 0.29) is 0 Å². The normalized spacial score (nSPS) is 11.3. The Morgan fingerprint density at radius 2 is 0.750 bits per heavy atom. The highest BCUT2D eigenvalue weighted by atomic mass is 32.1. The third-order valence-corrected chi connectivity index (χ3v) is 12.8. The topological polar surface area (TPSA) is 3.24 Å². The molecule has 0 spiro atoms. The fourth-order valence-corrected chi connectivity index (χ4v) is 9.86. The first-order chi connectivity index (χ1) is 29.7. The molecule has 1 nitrogen and oxygen atoms in total. The molecule has 282 valence electrons. The van der Waals surface area contributed by atoms with Crippen molar-refractivity contribution >= 4 is 59.3 Å². The van der Waals surface area contributed by atoms with Gasteiger partial charge in [-0.2, -0.15) is 0 Å². The van der Waals surface area contributed by atoms with E-state index in [0.717, 1.165) is 17.1 Å². The summed E-state index contributed by atoms with van der Waals surface area (Å²) in [5, 5.41) is 5.10. The Morgan fingerprint density at radius 1 is 0.267 bits per heavy atom. The maximum atomic E-state index is 2.43. The molecule has 1 heterocycles. The smallest absolute Gasteiger partial charge is 0.0540 e. The van der Waals surface area contributed by atoms with Gasteiger partial charge in [-0.1, -0.05) is 176 Å². The Hall–Kier alpha value is -7.52. The third kappa shape index (κ3) is 6.63. The van der Waals surface area contributed by atoms with Crippen LogP contribution in [0.1, 0.15) is 0 Å². The minimum Gasteiger partial charge on any atom is -0.310 e. The van der Waals surface area contributed by atoms with Gasteiger partial charge in [0.25, 0.3) is 0 Å². The molecule has 0 atom stereocenters. The summed E-state index contributed by atoms with van der Waals surface area (Å²) in [6.45, 7) is 0. The number of hydrogen-bond acceptors (Lipinski definition) is 2. The van der Waals surface area contributed by atoms with Crippen LogP contribution in [0.3, 0.4) is 0 Å². The van der Waals surface area contributed by atoms with Gasteiger partial charge >= 0.3 is 0 Å². The summed E-state index contributed by atoms with van der Waals surface area (Å²) in [7, 11) is 0. The van der Waals surface area contributed by atoms with Crippen molar-refractivity contribution in [2.75, 3.05) is 4.90 Å². The van der Waals surface area contributed by atoms with E-state index >= 15 is 0 Å². The maximum absolute atomic E-state index is 2.43. The number of fused-ring (bicyclic) bond motifs is 4. The molecule has 0 saturated carbocycles. The van der Waals surface area contributed by atoms with Crippen LogP contribution in [-0.2, 0) is 0 Å². The van der Waals surface area contributed by atoms with E-state index in [4.69, 9.17) is 0 Å². The molecule has 10 aromatic carbocycles. The third-order valence-electron chi connectivity index (χ3n) is 11.6. The standard InChI is InChI=1S/C58H39NS/c1-3-15-40(16-4-1)46-36-47(41-17-5-2-6-18-41)38-48(37-46)42-29-31-49(32-30-42)59(50-33-34-55-54-25-10-12-28-57(54)60-58(55)39-50)56-27-11-9-24-53(56)45-22-13-21-44(35-45)52-26-14-20-43-19-7-8-23-51(43)52/h1-39H. The number of nitrogens with zero attached hydrogens (tertiary/aromatic N) is 1. The number of benzene rings is 10. The molecule has 11 rings (SSSR count). The summed E-state index contributed by atoms with van der Waals surface area (Å²) < 4.78 is 2.58. The first-order valence-electron chi connectivity index (χ1n) is 20.5. The van der Waals surface area contributed by atoms with E-state index in [0.29, 0.717) is 0 Å². The molecule has 0 N–H and O–H groups in total. The van der Waals surface area contributed by atoms with Gasteiger partial charge in [0.05, 0.1) is 5.69 Å². The van der Waals surface area contributed by atoms with Crippen molar-refractivity contribution in [1.29, 1.82) is 0 Å². The van der Waals surface area contributed by atoms with E-state index in [1.165, 1.54) is 86.6 Å². The first-order valence-corrected chi connectivity index (χ1v) is 21.3. The van der Waals surface area contributed by atoms with Gasteiger partial charge in [-0.15, -0.1) is 11.3 Å². The van der Waals surface area contributed by atoms with Crippen LogP contribution in [0.4, 0.5) is 17.1 Å². The van der Waals surface area contributed by atoms with E-state index in [1.807, 2.05) is 11.3 Å². The van der Waals surface area contributed by atoms with Gasteiger partial charge in [-0.3, -0.25) is 0 Å². The van der Waals surface area contributed by atoms with Crippen molar-refractivity contribution in [2.45, 2.75) is 0 Å². The predicted molar refractivity (Wildman–Crippen MR) is 259 cm³/mol. The van der Waals surface area contributed by atoms with Gasteiger partial charge in [0.15, 0.2) is 0 Å². The van der Waals surface area contributed by atoms with E-state index < -0.39 is 0 Å². The second-order valence-corrected chi connectivity index (χ2v) is 16.4. The average molecular weight is 782 g/mol. The van der Waals surface area contributed by atoms with Crippen molar-refractivity contribution < 1.29 is 0 Å². The zero-order valence-electron chi connectivity index (χ0n) is 32.9. The Bertz CT molecular complexity index is 3250. The van der Waals surface area contributed by atoms with Gasteiger partial charge in [0.2, 0.25) is 0 Å². The van der Waals surface area contributed by atoms with Crippen LogP contribution < -0.4 is 4.90 Å². The summed E-state index contributed by atoms with van der Waals surface area (Å²) in [4.78, 5) is 2.43. The number of hydrogen-bond donors (Lipinski definition) is 0. The van der Waals surface area contributed by atoms with Crippen LogP contribution in [0.15, 0.2) is 237 Å². The fraction of sp³-hybridized carbons (Fsp3) is 0. The molecule has 11 aromatic rings. The molecular formula is C58H39NS. The van der Waals surface area contributed by atoms with Crippen LogP contribution in [0.2, 0.25) is 0 Å². The van der Waals surface area contributed by atoms with E-state index in [2.05, 4.69) is 241 Å². The molecule has 0 radical (unpaired) electrons. The highest BCUT2D eigenvalue weighted by Crippen LogP contribution is 2.45. The molecule has 0 saturated heterocycles. The van der Waals surface area contributed by atoms with Crippen LogP contribution in [0.5, 0.6) is 0 Å². The predicted octanol–water partition coefficient (Wildman–Crippen LogP) is 17.0. The zero-order valence-corrected chi connectivity index (χ0v) is 33.7. The summed E-state index contributed by atoms with van der Waals surface area (Å²) in [5.41, 5.74) is 15.3. The zero-order chi connectivity index (χ0) is 39.8. The highest BCUT2D eigenvalue weighted by molar-refractivity contribution is 7.25. The summed E-state index contributed by atoms with van der Waals surface area (Å²) in [6.07, 6.45) is 0. The van der Waals surface area contributed by atoms with Crippen molar-refractivity contribution in [3.63, 3.8) is 0 Å². The number of para-hydroxylation sites is 1. The molecule has 1 aromatic heterocycles. The van der Waals surface area contributed by atoms with Crippen LogP contribution in [0.25, 0.3) is 86.6 Å². The lowest BCUT2D eigenvalue weighted by molar-refractivity contribution is 1.29. The molecule has 0 amide bonds. The monoisotopic (exact) mass is 781 g/mol. The molecule has 60 heavy (non-hydrogen) atoms. The summed E-state index contributed by atoms with van der Waals surface area (Å²) in [5.74, 6) is 0. The molecule has 0 bridgehead atoms. The van der Waals surface area contributed by atoms with Crippen molar-refractivity contribution in [3.05, 3.63) is 237 Å². The van der Waals surface area contributed by atoms with E-state index in [1.54, 1.807) is 0 Å². The van der Waals surface area contributed by atoms with Crippen molar-refractivity contribution in [2.24, 2.45) is 0 Å². The average Bonchev–Trinajstić information content (AvgIpc) is 3.70. The Balaban J connectivity index is 1.06. The summed E-state index contributed by atoms with van der Waals surface area (Å²) in [6, 6.07) is 86.2. The lowest BCUT2D eigenvalue weighted by atomic mass is 9.93. The second kappa shape index (κ2) is 15.3. The quantitative estimate of drug-likeness (QED) is 0.148. The Kier molecular flexibility index (Phi) is 9.11. The van der Waals surface area contributed by atoms with Gasteiger partial charge in [0.1, 0.15) is 0 Å². The van der Waals surface area contributed by atoms with Crippen LogP contribution in [0, 0.1) is 0 Å². The molecular weight excluding hydrogens is 743 g/mol. The van der Waals surface area contributed by atoms with Gasteiger partial charge in [-0.25, -0.2) is 0 Å². The second-order valence-electron chi connectivity index (χ2n) is 15.3. The first kappa shape index (κ1) is 35.6. The largest absolute Gasteiger partial charge is 0.310 e. The molecule has 0 aliphatic heterocycles. The van der Waals surface area contributed by atoms with Gasteiger partial charge in [0, 0.05) is 37.1 Å². The van der Waals surface area contributed by atoms with E-state index in [9.17, 15) is 0 Å². The van der Waals surface area contributed by atoms with Gasteiger partial charge < -0.3 is 4.90 Å². The number of thiophene rings is 1. The SMILES string of the molecule is c1ccc(-c2cc(-c3ccccc3)cc(-c3ccc(N(c4ccc5c(c4)sc4ccccc45)c4ccccc4-c4cccc(-c5cccc6ccccc56)c4)cc3)c2)cc1. The molecule has 0 fully saturated rings. The summed E-state index contributed by atoms with van der Waals surface area (Å²) >= 11 is 1.86. The van der Waals surface area contributed by atoms with Crippen LogP contribution in [-0.4, -0.2) is 0 Å². The molecule has 0 aliphatic rings. The van der Waals surface area contributed by atoms with Crippen molar-refractivity contribution in [3.8, 4) is 55.6 Å². The fourth-order valence-electron chi connectivity index (χ4n) is 8.72. The lowest BCUT2D eigenvalue weighted by Gasteiger charge is -2.28. The van der Waals surface area contributed by atoms with Gasteiger partial charge in [-0.05, 0) is 122 Å². The highest BCUT2D eigenvalue weighted by Gasteiger charge is 2.19. The minimum atomic E-state index is 1.10. The van der Waals surface area contributed by atoms with Crippen LogP contribution >= 0.6 is 11.3 Å². The van der Waals surface area contributed by atoms with Crippen molar-refractivity contribution in [1.82, 2.24) is 0 Å². The number of rotatable bonds is 8. The maximum Gasteiger partial charge on any atom is 0.0540 e. The Morgan fingerprint density at radius 3 is 1.48 bits per heavy atom. The molecule has 0 aliphatic carbocycles. The Labute approximate surface area is 354 Å². The number of anilines is 3. The molecule has 2 heteroatoms. The molecule has 0 unspecified atom stereocenters. The minimum absolute atomic E-state index is 1.10.